The number of rotatable bonds is 3. The zero-order valence-corrected chi connectivity index (χ0v) is 9.69. The van der Waals surface area contributed by atoms with E-state index in [2.05, 4.69) is 0 Å². The Morgan fingerprint density at radius 3 is 2.65 bits per heavy atom. The molecule has 2 rings (SSSR count). The Morgan fingerprint density at radius 1 is 1.41 bits per heavy atom. The SMILES string of the molecule is COc1ccc(C(=O)O)c2cc(B(O)O)sc12. The van der Waals surface area contributed by atoms with Crippen molar-refractivity contribution in [2.75, 3.05) is 7.11 Å². The highest BCUT2D eigenvalue weighted by atomic mass is 32.1. The summed E-state index contributed by atoms with van der Waals surface area (Å²) in [4.78, 5) is 11.0. The van der Waals surface area contributed by atoms with Gasteiger partial charge in [-0.2, -0.15) is 0 Å². The van der Waals surface area contributed by atoms with E-state index in [1.54, 1.807) is 6.07 Å². The van der Waals surface area contributed by atoms with Gasteiger partial charge < -0.3 is 19.9 Å². The van der Waals surface area contributed by atoms with Crippen molar-refractivity contribution >= 4 is 39.3 Å². The molecule has 0 amide bonds. The molecule has 0 radical (unpaired) electrons. The van der Waals surface area contributed by atoms with Crippen LogP contribution in [0.2, 0.25) is 0 Å². The molecule has 17 heavy (non-hydrogen) atoms. The minimum Gasteiger partial charge on any atom is -0.495 e. The number of ether oxygens (including phenoxy) is 1. The van der Waals surface area contributed by atoms with Gasteiger partial charge in [-0.25, -0.2) is 4.79 Å². The molecule has 5 nitrogen and oxygen atoms in total. The molecule has 3 N–H and O–H groups in total. The highest BCUT2D eigenvalue weighted by molar-refractivity contribution is 7.28. The minimum atomic E-state index is -1.61. The number of carboxylic acids is 1. The molecule has 0 unspecified atom stereocenters. The fourth-order valence-electron chi connectivity index (χ4n) is 1.59. The number of hydrogen-bond donors (Lipinski definition) is 3. The Bertz CT molecular complexity index is 577. The molecule has 0 bridgehead atoms. The Hall–Kier alpha value is -1.57. The highest BCUT2D eigenvalue weighted by Crippen LogP contribution is 2.32. The average molecular weight is 252 g/mol. The fraction of sp³-hybridized carbons (Fsp3) is 0.100. The lowest BCUT2D eigenvalue weighted by molar-refractivity contribution is 0.0699. The second-order valence-corrected chi connectivity index (χ2v) is 4.47. The molecule has 0 aliphatic heterocycles. The lowest BCUT2D eigenvalue weighted by Crippen LogP contribution is -2.26. The predicted molar refractivity (Wildman–Crippen MR) is 65.2 cm³/mol. The smallest absolute Gasteiger partial charge is 0.495 e. The minimum absolute atomic E-state index is 0.115. The van der Waals surface area contributed by atoms with Gasteiger partial charge in [0, 0.05) is 10.2 Å². The third-order valence-corrected chi connectivity index (χ3v) is 3.56. The van der Waals surface area contributed by atoms with E-state index in [0.29, 0.717) is 15.8 Å². The molecule has 0 aliphatic rings. The van der Waals surface area contributed by atoms with Crippen LogP contribution in [0.5, 0.6) is 5.75 Å². The van der Waals surface area contributed by atoms with Gasteiger partial charge in [-0.15, -0.1) is 11.3 Å². The number of carbonyl (C=O) groups is 1. The van der Waals surface area contributed by atoms with Crippen LogP contribution in [0, 0.1) is 0 Å². The van der Waals surface area contributed by atoms with Crippen molar-refractivity contribution in [1.29, 1.82) is 0 Å². The Labute approximate surface area is 101 Å². The zero-order chi connectivity index (χ0) is 12.6. The maximum Gasteiger partial charge on any atom is 0.499 e. The summed E-state index contributed by atoms with van der Waals surface area (Å²) in [5.74, 6) is -0.545. The van der Waals surface area contributed by atoms with Crippen molar-refractivity contribution in [2.24, 2.45) is 0 Å². The monoisotopic (exact) mass is 252 g/mol. The first kappa shape index (κ1) is 11.9. The molecule has 0 fully saturated rings. The molecule has 1 aromatic carbocycles. The lowest BCUT2D eigenvalue weighted by atomic mass is 9.89. The van der Waals surface area contributed by atoms with Crippen molar-refractivity contribution in [3.63, 3.8) is 0 Å². The van der Waals surface area contributed by atoms with Gasteiger partial charge in [-0.3, -0.25) is 0 Å². The largest absolute Gasteiger partial charge is 0.499 e. The molecule has 1 heterocycles. The van der Waals surface area contributed by atoms with E-state index in [4.69, 9.17) is 19.9 Å². The van der Waals surface area contributed by atoms with Crippen molar-refractivity contribution in [3.05, 3.63) is 23.8 Å². The third-order valence-electron chi connectivity index (χ3n) is 2.37. The molecule has 1 aromatic heterocycles. The summed E-state index contributed by atoms with van der Waals surface area (Å²) in [5, 5.41) is 27.7. The van der Waals surface area contributed by atoms with Gasteiger partial charge in [0.1, 0.15) is 5.75 Å². The number of benzene rings is 1. The lowest BCUT2D eigenvalue weighted by Gasteiger charge is -2.03. The van der Waals surface area contributed by atoms with Crippen LogP contribution in [-0.2, 0) is 0 Å². The van der Waals surface area contributed by atoms with Crippen LogP contribution >= 0.6 is 11.3 Å². The average Bonchev–Trinajstić information content (AvgIpc) is 2.71. The topological polar surface area (TPSA) is 87.0 Å². The molecule has 7 heteroatoms. The van der Waals surface area contributed by atoms with E-state index < -0.39 is 13.1 Å². The normalized spacial score (nSPS) is 10.5. The van der Waals surface area contributed by atoms with Crippen molar-refractivity contribution in [1.82, 2.24) is 0 Å². The van der Waals surface area contributed by atoms with Crippen LogP contribution in [-0.4, -0.2) is 35.4 Å². The molecule has 0 saturated heterocycles. The van der Waals surface area contributed by atoms with Gasteiger partial charge in [0.05, 0.1) is 17.4 Å². The first-order valence-corrected chi connectivity index (χ1v) is 5.56. The summed E-state index contributed by atoms with van der Waals surface area (Å²) in [6.07, 6.45) is 0. The maximum absolute atomic E-state index is 11.0. The predicted octanol–water partition coefficient (Wildman–Crippen LogP) is 0.288. The number of aromatic carboxylic acids is 1. The number of methoxy groups -OCH3 is 1. The molecule has 0 aliphatic carbocycles. The van der Waals surface area contributed by atoms with Gasteiger partial charge >= 0.3 is 13.1 Å². The standard InChI is InChI=1S/C10H9BO5S/c1-16-7-3-2-5(10(12)13)6-4-8(11(14)15)17-9(6)7/h2-4,14-15H,1H3,(H,12,13). The van der Waals surface area contributed by atoms with Crippen molar-refractivity contribution in [2.45, 2.75) is 0 Å². The Kier molecular flexibility index (Phi) is 3.06. The number of thiophene rings is 1. The second kappa shape index (κ2) is 4.36. The second-order valence-electron chi connectivity index (χ2n) is 3.39. The first-order valence-electron chi connectivity index (χ1n) is 4.74. The summed E-state index contributed by atoms with van der Waals surface area (Å²) in [6, 6.07) is 4.44. The van der Waals surface area contributed by atoms with Crippen molar-refractivity contribution < 1.29 is 24.7 Å². The summed E-state index contributed by atoms with van der Waals surface area (Å²) in [5.41, 5.74) is 0.115. The molecular weight excluding hydrogens is 243 g/mol. The van der Waals surface area contributed by atoms with Gasteiger partial charge in [0.15, 0.2) is 0 Å². The first-order chi connectivity index (χ1) is 8.04. The van der Waals surface area contributed by atoms with E-state index in [-0.39, 0.29) is 10.3 Å². The van der Waals surface area contributed by atoms with Gasteiger partial charge in [-0.05, 0) is 18.2 Å². The van der Waals surface area contributed by atoms with Crippen molar-refractivity contribution in [3.8, 4) is 5.75 Å². The Morgan fingerprint density at radius 2 is 2.12 bits per heavy atom. The maximum atomic E-state index is 11.0. The van der Waals surface area contributed by atoms with Crippen LogP contribution in [0.25, 0.3) is 10.1 Å². The summed E-state index contributed by atoms with van der Waals surface area (Å²) >= 11 is 1.10. The van der Waals surface area contributed by atoms with Crippen LogP contribution in [0.15, 0.2) is 18.2 Å². The van der Waals surface area contributed by atoms with Crippen LogP contribution in [0.3, 0.4) is 0 Å². The summed E-state index contributed by atoms with van der Waals surface area (Å²) in [7, 11) is -0.136. The van der Waals surface area contributed by atoms with Gasteiger partial charge in [0.2, 0.25) is 0 Å². The van der Waals surface area contributed by atoms with Gasteiger partial charge in [0.25, 0.3) is 0 Å². The molecule has 88 valence electrons. The van der Waals surface area contributed by atoms with E-state index in [1.807, 2.05) is 0 Å². The molecule has 0 saturated carbocycles. The molecule has 0 atom stereocenters. The zero-order valence-electron chi connectivity index (χ0n) is 8.88. The number of carboxylic acid groups (broad SMARTS) is 1. The Balaban J connectivity index is 2.76. The third kappa shape index (κ3) is 2.00. The van der Waals surface area contributed by atoms with E-state index in [1.165, 1.54) is 19.2 Å². The quantitative estimate of drug-likeness (QED) is 0.683. The highest BCUT2D eigenvalue weighted by Gasteiger charge is 2.20. The molecule has 0 spiro atoms. The fourth-order valence-corrected chi connectivity index (χ4v) is 2.64. The summed E-state index contributed by atoms with van der Waals surface area (Å²) < 4.78 is 5.99. The van der Waals surface area contributed by atoms with E-state index >= 15 is 0 Å². The van der Waals surface area contributed by atoms with Crippen LogP contribution in [0.4, 0.5) is 0 Å². The molecule has 2 aromatic rings. The van der Waals surface area contributed by atoms with Crippen LogP contribution in [0.1, 0.15) is 10.4 Å². The van der Waals surface area contributed by atoms with Gasteiger partial charge in [-0.1, -0.05) is 0 Å². The van der Waals surface area contributed by atoms with E-state index in [0.717, 1.165) is 11.3 Å². The summed E-state index contributed by atoms with van der Waals surface area (Å²) in [6.45, 7) is 0. The molecular formula is C10H9BO5S. The van der Waals surface area contributed by atoms with E-state index in [9.17, 15) is 4.79 Å². The number of fused-ring (bicyclic) bond motifs is 1. The van der Waals surface area contributed by atoms with Crippen LogP contribution < -0.4 is 9.51 Å². The number of hydrogen-bond acceptors (Lipinski definition) is 5.